The molecule has 1 atom stereocenters. The van der Waals surface area contributed by atoms with E-state index in [4.69, 9.17) is 9.15 Å². The van der Waals surface area contributed by atoms with Gasteiger partial charge in [0.15, 0.2) is 10.7 Å². The molecule has 130 valence electrons. The number of benzene rings is 1. The number of thioether (sulfide) groups is 1. The first-order chi connectivity index (χ1) is 12.1. The normalized spacial score (nSPS) is 17.3. The van der Waals surface area contributed by atoms with Crippen LogP contribution in [0.5, 0.6) is 0 Å². The van der Waals surface area contributed by atoms with Crippen molar-refractivity contribution in [2.75, 3.05) is 13.1 Å². The predicted octanol–water partition coefficient (Wildman–Crippen LogP) is 2.23. The van der Waals surface area contributed by atoms with Crippen molar-refractivity contribution in [2.24, 2.45) is 0 Å². The summed E-state index contributed by atoms with van der Waals surface area (Å²) in [6, 6.07) is 4.14. The fourth-order valence-electron chi connectivity index (χ4n) is 2.53. The van der Waals surface area contributed by atoms with Gasteiger partial charge in [0.25, 0.3) is 0 Å². The standard InChI is InChI=1S/C14H11BrFN5O3S/c15-9-5-7(1-2-10(9)16)21-12(19-23-14(21)22)11-13(20-24-18-11)25-8-3-4-17-6-8/h1-2,5,8,17H,3-4,6H2/t8-/m0/s1. The maximum absolute atomic E-state index is 13.5. The van der Waals surface area contributed by atoms with Crippen LogP contribution < -0.4 is 11.1 Å². The number of nitrogens with zero attached hydrogens (tertiary/aromatic N) is 4. The Morgan fingerprint density at radius 2 is 2.24 bits per heavy atom. The maximum atomic E-state index is 13.5. The number of hydrogen-bond acceptors (Lipinski definition) is 8. The molecule has 2 aromatic heterocycles. The molecule has 0 aliphatic carbocycles. The van der Waals surface area contributed by atoms with Crippen LogP contribution in [0.25, 0.3) is 17.2 Å². The Morgan fingerprint density at radius 1 is 1.36 bits per heavy atom. The molecular formula is C14H11BrFN5O3S. The third kappa shape index (κ3) is 3.14. The topological polar surface area (TPSA) is 99.0 Å². The number of hydrogen-bond donors (Lipinski definition) is 1. The summed E-state index contributed by atoms with van der Waals surface area (Å²) in [4.78, 5) is 12.1. The number of aromatic nitrogens is 4. The van der Waals surface area contributed by atoms with Crippen LogP contribution in [0.3, 0.4) is 0 Å². The Morgan fingerprint density at radius 3 is 3.00 bits per heavy atom. The zero-order valence-electron chi connectivity index (χ0n) is 12.6. The third-order valence-electron chi connectivity index (χ3n) is 3.73. The molecule has 1 saturated heterocycles. The average Bonchev–Trinajstić information content (AvgIpc) is 3.32. The Labute approximate surface area is 152 Å². The van der Waals surface area contributed by atoms with Crippen LogP contribution in [0.4, 0.5) is 4.39 Å². The highest BCUT2D eigenvalue weighted by Gasteiger charge is 2.26. The molecule has 3 aromatic rings. The van der Waals surface area contributed by atoms with E-state index in [1.165, 1.54) is 34.5 Å². The molecule has 0 radical (unpaired) electrons. The minimum atomic E-state index is -0.713. The molecule has 1 N–H and O–H groups in total. The van der Waals surface area contributed by atoms with E-state index in [2.05, 4.69) is 36.7 Å². The van der Waals surface area contributed by atoms with Gasteiger partial charge in [-0.25, -0.2) is 18.4 Å². The van der Waals surface area contributed by atoms with Crippen molar-refractivity contribution in [3.63, 3.8) is 0 Å². The average molecular weight is 428 g/mol. The summed E-state index contributed by atoms with van der Waals surface area (Å²) in [6.07, 6.45) is 0.994. The molecule has 0 unspecified atom stereocenters. The van der Waals surface area contributed by atoms with Gasteiger partial charge in [-0.2, -0.15) is 0 Å². The molecule has 0 amide bonds. The highest BCUT2D eigenvalue weighted by atomic mass is 79.9. The molecule has 0 saturated carbocycles. The van der Waals surface area contributed by atoms with Gasteiger partial charge in [0, 0.05) is 11.8 Å². The minimum Gasteiger partial charge on any atom is -0.316 e. The van der Waals surface area contributed by atoms with Gasteiger partial charge in [-0.15, -0.1) is 0 Å². The van der Waals surface area contributed by atoms with E-state index in [-0.39, 0.29) is 10.3 Å². The number of nitrogens with one attached hydrogen (secondary N) is 1. The van der Waals surface area contributed by atoms with Crippen molar-refractivity contribution < 1.29 is 13.5 Å². The third-order valence-corrected chi connectivity index (χ3v) is 5.56. The van der Waals surface area contributed by atoms with Crippen molar-refractivity contribution in [3.05, 3.63) is 39.0 Å². The van der Waals surface area contributed by atoms with E-state index in [1.807, 2.05) is 0 Å². The van der Waals surface area contributed by atoms with Crippen LogP contribution >= 0.6 is 27.7 Å². The van der Waals surface area contributed by atoms with Gasteiger partial charge in [-0.3, -0.25) is 4.52 Å². The van der Waals surface area contributed by atoms with E-state index in [9.17, 15) is 9.18 Å². The van der Waals surface area contributed by atoms with Crippen molar-refractivity contribution in [1.82, 2.24) is 25.4 Å². The second kappa shape index (κ2) is 6.73. The smallest absolute Gasteiger partial charge is 0.316 e. The second-order valence-electron chi connectivity index (χ2n) is 5.36. The van der Waals surface area contributed by atoms with Gasteiger partial charge < -0.3 is 5.32 Å². The molecule has 25 heavy (non-hydrogen) atoms. The van der Waals surface area contributed by atoms with Crippen molar-refractivity contribution in [3.8, 4) is 17.2 Å². The van der Waals surface area contributed by atoms with Crippen molar-refractivity contribution in [1.29, 1.82) is 0 Å². The van der Waals surface area contributed by atoms with Crippen LogP contribution in [0.1, 0.15) is 6.42 Å². The lowest BCUT2D eigenvalue weighted by Crippen LogP contribution is -2.14. The highest BCUT2D eigenvalue weighted by molar-refractivity contribution is 9.10. The Hall–Kier alpha value is -1.98. The fraction of sp³-hybridized carbons (Fsp3) is 0.286. The van der Waals surface area contributed by atoms with Crippen LogP contribution in [0.15, 0.2) is 41.6 Å². The zero-order valence-corrected chi connectivity index (χ0v) is 15.0. The van der Waals surface area contributed by atoms with Gasteiger partial charge in [0.2, 0.25) is 5.82 Å². The molecule has 11 heteroatoms. The Balaban J connectivity index is 1.76. The minimum absolute atomic E-state index is 0.151. The van der Waals surface area contributed by atoms with Crippen LogP contribution in [0.2, 0.25) is 0 Å². The molecule has 0 spiro atoms. The molecule has 0 bridgehead atoms. The van der Waals surface area contributed by atoms with E-state index in [0.29, 0.717) is 21.7 Å². The van der Waals surface area contributed by atoms with Crippen molar-refractivity contribution >= 4 is 27.7 Å². The zero-order chi connectivity index (χ0) is 17.4. The quantitative estimate of drug-likeness (QED) is 0.676. The maximum Gasteiger partial charge on any atom is 0.446 e. The number of halogens is 2. The molecule has 1 aliphatic heterocycles. The molecule has 3 heterocycles. The first-order valence-electron chi connectivity index (χ1n) is 7.38. The summed E-state index contributed by atoms with van der Waals surface area (Å²) < 4.78 is 24.5. The molecule has 4 rings (SSSR count). The summed E-state index contributed by atoms with van der Waals surface area (Å²) in [5, 5.41) is 15.7. The summed E-state index contributed by atoms with van der Waals surface area (Å²) in [5.41, 5.74) is 0.694. The van der Waals surface area contributed by atoms with Gasteiger partial charge in [0.1, 0.15) is 5.82 Å². The second-order valence-corrected chi connectivity index (χ2v) is 7.50. The summed E-state index contributed by atoms with van der Waals surface area (Å²) >= 11 is 4.61. The Bertz CT molecular complexity index is 966. The molecule has 1 aliphatic rings. The van der Waals surface area contributed by atoms with Gasteiger partial charge in [-0.05, 0) is 57.4 Å². The summed E-state index contributed by atoms with van der Waals surface area (Å²) in [6.45, 7) is 1.80. The largest absolute Gasteiger partial charge is 0.446 e. The van der Waals surface area contributed by atoms with Crippen LogP contribution in [0, 0.1) is 5.82 Å². The molecular weight excluding hydrogens is 417 g/mol. The van der Waals surface area contributed by atoms with Gasteiger partial charge in [0.05, 0.1) is 10.2 Å². The van der Waals surface area contributed by atoms with Crippen LogP contribution in [-0.4, -0.2) is 38.4 Å². The lowest BCUT2D eigenvalue weighted by Gasteiger charge is -2.06. The SMILES string of the molecule is O=c1onc(-c2nonc2S[C@H]2CCNC2)n1-c1ccc(F)c(Br)c1. The van der Waals surface area contributed by atoms with Crippen LogP contribution in [-0.2, 0) is 0 Å². The fourth-order valence-corrected chi connectivity index (χ4v) is 3.97. The van der Waals surface area contributed by atoms with E-state index in [1.54, 1.807) is 0 Å². The summed E-state index contributed by atoms with van der Waals surface area (Å²) in [5.74, 6) is -1.00. The van der Waals surface area contributed by atoms with E-state index >= 15 is 0 Å². The highest BCUT2D eigenvalue weighted by Crippen LogP contribution is 2.33. The lowest BCUT2D eigenvalue weighted by molar-refractivity contribution is 0.299. The predicted molar refractivity (Wildman–Crippen MR) is 90.2 cm³/mol. The monoisotopic (exact) mass is 427 g/mol. The Kier molecular flexibility index (Phi) is 4.44. The number of rotatable bonds is 4. The molecule has 1 fully saturated rings. The lowest BCUT2D eigenvalue weighted by atomic mass is 10.3. The molecule has 1 aromatic carbocycles. The first kappa shape index (κ1) is 16.5. The van der Waals surface area contributed by atoms with E-state index in [0.717, 1.165) is 19.5 Å². The first-order valence-corrected chi connectivity index (χ1v) is 9.05. The van der Waals surface area contributed by atoms with Crippen molar-refractivity contribution in [2.45, 2.75) is 16.7 Å². The summed E-state index contributed by atoms with van der Waals surface area (Å²) in [7, 11) is 0. The van der Waals surface area contributed by atoms with E-state index < -0.39 is 11.6 Å². The van der Waals surface area contributed by atoms with Gasteiger partial charge >= 0.3 is 5.76 Å². The van der Waals surface area contributed by atoms with Gasteiger partial charge in [-0.1, -0.05) is 16.9 Å². The molecule has 8 nitrogen and oxygen atoms in total.